The van der Waals surface area contributed by atoms with Crippen molar-refractivity contribution in [2.45, 2.75) is 262 Å². The van der Waals surface area contributed by atoms with Gasteiger partial charge in [-0.15, -0.1) is 0 Å². The lowest BCUT2D eigenvalue weighted by molar-refractivity contribution is -0.680. The molecule has 10 aromatic rings. The molecule has 33 nitrogen and oxygen atoms in total. The number of carbonyl (C=O) groups excluding carboxylic acids is 4. The van der Waals surface area contributed by atoms with Crippen LogP contribution in [0.25, 0.3) is 0 Å². The molecule has 810 valence electrons. The number of hydrogen-bond donors (Lipinski definition) is 4. The van der Waals surface area contributed by atoms with Crippen molar-refractivity contribution in [3.8, 4) is 0 Å². The summed E-state index contributed by atoms with van der Waals surface area (Å²) >= 11 is 55.9. The lowest BCUT2D eigenvalue weighted by Gasteiger charge is -2.29. The van der Waals surface area contributed by atoms with Crippen LogP contribution < -0.4 is 27.5 Å². The van der Waals surface area contributed by atoms with E-state index in [0.717, 1.165) is 86.4 Å². The third kappa shape index (κ3) is 41.6. The minimum atomic E-state index is -3.25. The maximum Gasteiger partial charge on any atom is 0.404 e. The number of hydrogen-bond acceptors (Lipinski definition) is 28. The molecule has 147 heavy (non-hydrogen) atoms. The van der Waals surface area contributed by atoms with Gasteiger partial charge in [-0.25, -0.2) is 39.1 Å². The highest BCUT2D eigenvalue weighted by atomic mass is 35.5. The molecule has 12 rings (SSSR count). The van der Waals surface area contributed by atoms with Crippen molar-refractivity contribution >= 4 is 187 Å². The van der Waals surface area contributed by atoms with E-state index >= 15 is 0 Å². The Morgan fingerprint density at radius 2 is 0.605 bits per heavy atom. The molecule has 6 aromatic heterocycles. The summed E-state index contributed by atoms with van der Waals surface area (Å²) in [6.45, 7) is 33.7. The first-order chi connectivity index (χ1) is 67.9. The maximum atomic E-state index is 13.0. The lowest BCUT2D eigenvalue weighted by Crippen LogP contribution is -2.33. The van der Waals surface area contributed by atoms with Crippen molar-refractivity contribution in [2.24, 2.45) is 22.9 Å². The number of nitrogens with zero attached hydrogens (tertiary/aromatic N) is 12. The van der Waals surface area contributed by atoms with E-state index in [1.165, 1.54) is 58.2 Å². The number of primary amides is 4. The average molecular weight is 2330 g/mol. The van der Waals surface area contributed by atoms with E-state index in [0.29, 0.717) is 155 Å². The van der Waals surface area contributed by atoms with Crippen molar-refractivity contribution in [3.63, 3.8) is 0 Å². The zero-order chi connectivity index (χ0) is 105. The molecule has 48 heteroatoms. The summed E-state index contributed by atoms with van der Waals surface area (Å²) in [6, 6.07) is 29.2. The van der Waals surface area contributed by atoms with Crippen LogP contribution in [0.2, 0.25) is 40.2 Å². The Balaban J connectivity index is 0.000000343. The number of ether oxygens (including phenoxy) is 4. The van der Waals surface area contributed by atoms with Crippen molar-refractivity contribution in [1.82, 2.24) is 53.0 Å². The fourth-order valence-electron chi connectivity index (χ4n) is 14.6. The topological polar surface area (TPSA) is 410 Å². The zero-order valence-electron chi connectivity index (χ0n) is 81.9. The second-order valence-electron chi connectivity index (χ2n) is 33.3. The van der Waals surface area contributed by atoms with Crippen LogP contribution in [-0.4, -0.2) is 156 Å². The average Bonchev–Trinajstić information content (AvgIpc) is 1.66. The van der Waals surface area contributed by atoms with Gasteiger partial charge in [0.25, 0.3) is 0 Å². The highest BCUT2D eigenvalue weighted by Gasteiger charge is 2.35. The maximum absolute atomic E-state index is 13.0. The molecule has 4 amide bonds. The monoisotopic (exact) mass is 2320 g/mol. The first kappa shape index (κ1) is 130. The fourth-order valence-corrected chi connectivity index (χ4v) is 27.4. The van der Waals surface area contributed by atoms with Crippen molar-refractivity contribution in [3.05, 3.63) is 243 Å². The van der Waals surface area contributed by atoms with Gasteiger partial charge in [0.2, 0.25) is 6.29 Å². The van der Waals surface area contributed by atoms with E-state index in [2.05, 4.69) is 77.6 Å². The standard InChI is InChI=1S/2C25H35Cl2N4O5PS.C25H31Cl2N4O5PS.C20H20Cl2N4O2S.4CH4/c3*1-5-35-37(33,36-6-2)16-30-9-7-18(8-10-30)14-31-22(15-34-25(28)32)29-23(17(3)4)24(31)38-21-12-19(26)11-20(27)13-21;1-12(2)18-19(29-16-8-14(21)7-15(22)9-16)26(10-13-3-5-24-6-4-13)17(25-18)11-28-20(23)27;;;;/h2*7,11-13,17H,5-6,8-10,14-16H2,1-4H3,(H2,28,32);7-13,17H,5-6,14-16H2,1-4H3,(H-,28,32);3-9,12H,10-11H2,1-2H3,(H2,23,27);4*1H4/p+1. The second kappa shape index (κ2) is 63.4. The molecule has 2 aliphatic heterocycles. The molecule has 0 saturated heterocycles. The lowest BCUT2D eigenvalue weighted by atomic mass is 10.1. The van der Waals surface area contributed by atoms with Crippen LogP contribution in [0.3, 0.4) is 0 Å². The highest BCUT2D eigenvalue weighted by molar-refractivity contribution is 8.00. The normalized spacial score (nSPS) is 12.8. The van der Waals surface area contributed by atoms with Crippen LogP contribution in [0.15, 0.2) is 185 Å². The molecule has 0 spiro atoms. The molecule has 0 atom stereocenters. The second-order valence-corrected chi connectivity index (χ2v) is 47.1. The van der Waals surface area contributed by atoms with Crippen LogP contribution in [0.5, 0.6) is 0 Å². The predicted molar refractivity (Wildman–Crippen MR) is 592 cm³/mol. The van der Waals surface area contributed by atoms with Gasteiger partial charge in [-0.2, -0.15) is 4.57 Å². The third-order valence-electron chi connectivity index (χ3n) is 20.8. The Morgan fingerprint density at radius 3 is 0.830 bits per heavy atom. The van der Waals surface area contributed by atoms with E-state index in [4.69, 9.17) is 182 Å². The summed E-state index contributed by atoms with van der Waals surface area (Å²) in [7, 11) is -9.58. The Hall–Kier alpha value is -7.33. The van der Waals surface area contributed by atoms with E-state index in [1.54, 1.807) is 55.1 Å². The van der Waals surface area contributed by atoms with Crippen molar-refractivity contribution in [2.75, 3.05) is 78.4 Å². The number of benzene rings is 4. The number of rotatable bonds is 46. The summed E-state index contributed by atoms with van der Waals surface area (Å²) in [5.41, 5.74) is 28.7. The summed E-state index contributed by atoms with van der Waals surface area (Å²) in [5, 5.41) is 7.98. The van der Waals surface area contributed by atoms with Gasteiger partial charge in [0, 0.05) is 124 Å². The van der Waals surface area contributed by atoms with Gasteiger partial charge in [0.15, 0.2) is 38.8 Å². The molecule has 4 aromatic carbocycles. The zero-order valence-corrected chi connectivity index (χ0v) is 93.9. The number of nitrogens with two attached hydrogens (primary N) is 4. The van der Waals surface area contributed by atoms with Gasteiger partial charge in [-0.1, -0.05) is 248 Å². The predicted octanol–water partition coefficient (Wildman–Crippen LogP) is 28.5. The van der Waals surface area contributed by atoms with Crippen molar-refractivity contribution < 1.29 is 83.5 Å². The fraction of sp³-hybridized carbons (Fsp3) is 0.455. The summed E-state index contributed by atoms with van der Waals surface area (Å²) < 4.78 is 102. The van der Waals surface area contributed by atoms with Gasteiger partial charge in [-0.3, -0.25) is 28.5 Å². The molecule has 0 fully saturated rings. The molecule has 8 N–H and O–H groups in total. The number of amides is 4. The number of imidazole rings is 4. The first-order valence-corrected chi connectivity index (χ1v) is 57.3. The first-order valence-electron chi connectivity index (χ1n) is 45.9. The van der Waals surface area contributed by atoms with E-state index in [1.807, 2.05) is 136 Å². The van der Waals surface area contributed by atoms with E-state index in [-0.39, 0.29) is 98.7 Å². The summed E-state index contributed by atoms with van der Waals surface area (Å²) in [4.78, 5) is 76.2. The summed E-state index contributed by atoms with van der Waals surface area (Å²) in [6.07, 6.45) is 10.0. The number of aromatic nitrogens is 10. The quantitative estimate of drug-likeness (QED) is 0.0119. The Labute approximate surface area is 921 Å². The van der Waals surface area contributed by atoms with Gasteiger partial charge < -0.3 is 87.3 Å². The highest BCUT2D eigenvalue weighted by Crippen LogP contribution is 2.52. The van der Waals surface area contributed by atoms with Gasteiger partial charge >= 0.3 is 47.2 Å². The number of halogens is 8. The minimum Gasteiger partial charge on any atom is -0.442 e. The largest absolute Gasteiger partial charge is 0.442 e. The SMILES string of the molecule is C.C.C.C.CC(C)c1nc(COC(N)=O)n(Cc2ccncc2)c1Sc1cc(Cl)cc(Cl)c1.CCOP(=O)(CN1CC=C(Cn2c(COC(N)=O)nc(C(C)C)c2Sc2cc(Cl)cc(Cl)c2)CC1)OCC.CCOP(=O)(CN1CC=C(Cn2c(COC(N)=O)nc(C(C)C)c2Sc2cc(Cl)cc(Cl)c2)CC1)OCC.CCOP(=O)(C[n+]1ccc(Cn2c(COC(N)=O)nc(C(C)C)c2Sc2cc(Cl)cc(Cl)c2)cc1)OCC. The van der Waals surface area contributed by atoms with Crippen LogP contribution >= 0.6 is 163 Å². The molecular weight excluding hydrogens is 2190 g/mol. The molecule has 8 heterocycles. The molecule has 2 aliphatic rings. The minimum absolute atomic E-state index is 0. The van der Waals surface area contributed by atoms with Crippen molar-refractivity contribution in [1.29, 1.82) is 0 Å². The molecule has 0 unspecified atom stereocenters. The molecule has 0 aliphatic carbocycles. The Kier molecular flexibility index (Phi) is 56.1. The van der Waals surface area contributed by atoms with E-state index in [9.17, 15) is 32.9 Å². The molecular formula is C99H138Cl8N16O17P3S4+. The number of carbonyl (C=O) groups is 4. The van der Waals surface area contributed by atoms with Crippen LogP contribution in [-0.2, 0) is 119 Å². The van der Waals surface area contributed by atoms with Crippen LogP contribution in [0.4, 0.5) is 19.2 Å². The number of pyridine rings is 2. The van der Waals surface area contributed by atoms with E-state index < -0.39 is 47.2 Å². The third-order valence-corrected chi connectivity index (χ3v) is 33.0. The Bertz CT molecular complexity index is 5890. The Morgan fingerprint density at radius 1 is 0.367 bits per heavy atom. The molecule has 0 saturated carbocycles. The van der Waals surface area contributed by atoms with Crippen LogP contribution in [0.1, 0.15) is 220 Å². The molecule has 0 radical (unpaired) electrons. The smallest absolute Gasteiger partial charge is 0.404 e. The van der Waals surface area contributed by atoms with Crippen LogP contribution in [0, 0.1) is 0 Å². The molecule has 0 bridgehead atoms. The van der Waals surface area contributed by atoms with Gasteiger partial charge in [0.05, 0.1) is 75.5 Å². The van der Waals surface area contributed by atoms with Gasteiger partial charge in [-0.05, 0) is 174 Å². The van der Waals surface area contributed by atoms with Gasteiger partial charge in [0.1, 0.15) is 56.0 Å². The summed E-state index contributed by atoms with van der Waals surface area (Å²) in [5.74, 6) is 2.83.